The van der Waals surface area contributed by atoms with Crippen LogP contribution >= 0.6 is 0 Å². The lowest BCUT2D eigenvalue weighted by atomic mass is 9.98. The van der Waals surface area contributed by atoms with Gasteiger partial charge >= 0.3 is 0 Å². The normalized spacial score (nSPS) is 21.2. The monoisotopic (exact) mass is 811 g/mol. The summed E-state index contributed by atoms with van der Waals surface area (Å²) < 4.78 is 16.3. The van der Waals surface area contributed by atoms with Crippen LogP contribution in [-0.2, 0) is 14.3 Å². The number of carbonyl (C=O) groups excluding carboxylic acids is 2. The van der Waals surface area contributed by atoms with Crippen LogP contribution in [0, 0.1) is 0 Å². The highest BCUT2D eigenvalue weighted by Crippen LogP contribution is 2.23. The van der Waals surface area contributed by atoms with Crippen LogP contribution in [0.15, 0.2) is 24.3 Å². The Morgan fingerprint density at radius 3 is 1.79 bits per heavy atom. The van der Waals surface area contributed by atoms with Crippen LogP contribution in [0.2, 0.25) is 0 Å². The first-order chi connectivity index (χ1) is 27.6. The number of hydrogen-bond donors (Lipinski definition) is 8. The smallest absolute Gasteiger partial charge is 0.251 e. The summed E-state index contributed by atoms with van der Waals surface area (Å²) >= 11 is 0. The van der Waals surface area contributed by atoms with Crippen molar-refractivity contribution in [2.24, 2.45) is 0 Å². The molecule has 0 aliphatic carbocycles. The number of carbonyl (C=O) groups is 2. The highest BCUT2D eigenvalue weighted by molar-refractivity contribution is 5.94. The quantitative estimate of drug-likeness (QED) is 0.0412. The van der Waals surface area contributed by atoms with Gasteiger partial charge in [-0.3, -0.25) is 9.59 Å². The number of unbranched alkanes of at least 4 members (excludes halogenated alkanes) is 19. The third kappa shape index (κ3) is 21.5. The van der Waals surface area contributed by atoms with E-state index in [1.807, 2.05) is 0 Å². The second-order valence-corrected chi connectivity index (χ2v) is 15.9. The lowest BCUT2D eigenvalue weighted by Gasteiger charge is -2.40. The summed E-state index contributed by atoms with van der Waals surface area (Å²) in [6.07, 6.45) is 13.8. The summed E-state index contributed by atoms with van der Waals surface area (Å²) in [7, 11) is 1.59. The number of benzene rings is 1. The first-order valence-corrected chi connectivity index (χ1v) is 22.1. The van der Waals surface area contributed by atoms with Gasteiger partial charge in [-0.05, 0) is 43.5 Å². The van der Waals surface area contributed by atoms with Gasteiger partial charge in [0.1, 0.15) is 36.3 Å². The van der Waals surface area contributed by atoms with E-state index in [2.05, 4.69) is 17.6 Å². The third-order valence-electron chi connectivity index (χ3n) is 11.0. The summed E-state index contributed by atoms with van der Waals surface area (Å²) in [6.45, 7) is 1.93. The van der Waals surface area contributed by atoms with E-state index in [9.17, 15) is 40.2 Å². The molecule has 1 fully saturated rings. The minimum Gasteiger partial charge on any atom is -0.497 e. The molecule has 2 rings (SSSR count). The largest absolute Gasteiger partial charge is 0.497 e. The van der Waals surface area contributed by atoms with Crippen molar-refractivity contribution >= 4 is 11.8 Å². The Morgan fingerprint density at radius 1 is 0.719 bits per heavy atom. The minimum atomic E-state index is -1.62. The second-order valence-electron chi connectivity index (χ2n) is 15.9. The summed E-state index contributed by atoms with van der Waals surface area (Å²) in [6, 6.07) is 6.03. The molecule has 0 radical (unpaired) electrons. The number of aliphatic hydroxyl groups is 6. The zero-order valence-electron chi connectivity index (χ0n) is 35.0. The Bertz CT molecular complexity index is 1160. The fourth-order valence-electron chi connectivity index (χ4n) is 7.24. The standard InChI is InChI=1S/C44H78N2O11/c1-3-4-5-6-7-8-9-10-12-15-18-21-24-36(48)39(50)35(32-56-44-42(53)41(52)40(51)37(31-47)57-44)46-38(49)25-22-19-16-13-11-14-17-20-23-30-45-43(54)33-26-28-34(55-2)29-27-33/h26-29,35-37,39-42,44,47-48,50-53H,3-25,30-32H2,1-2H3,(H,45,54)(H,46,49)/t35-,36+,37+,39-,40-,41-,42+,44-/m0/s1. The average Bonchev–Trinajstić information content (AvgIpc) is 3.22. The van der Waals surface area contributed by atoms with Crippen molar-refractivity contribution in [2.75, 3.05) is 26.9 Å². The van der Waals surface area contributed by atoms with E-state index in [0.29, 0.717) is 24.9 Å². The molecular formula is C44H78N2O11. The van der Waals surface area contributed by atoms with E-state index in [1.165, 1.54) is 51.4 Å². The van der Waals surface area contributed by atoms with E-state index in [-0.39, 0.29) is 24.8 Å². The number of amides is 2. The van der Waals surface area contributed by atoms with Crippen molar-refractivity contribution < 1.29 is 54.4 Å². The number of rotatable bonds is 34. The molecule has 1 aliphatic heterocycles. The predicted molar refractivity (Wildman–Crippen MR) is 221 cm³/mol. The van der Waals surface area contributed by atoms with Crippen LogP contribution in [0.5, 0.6) is 5.75 Å². The predicted octanol–water partition coefficient (Wildman–Crippen LogP) is 5.44. The van der Waals surface area contributed by atoms with E-state index < -0.39 is 55.6 Å². The lowest BCUT2D eigenvalue weighted by molar-refractivity contribution is -0.303. The summed E-state index contributed by atoms with van der Waals surface area (Å²) in [5, 5.41) is 68.0. The SMILES string of the molecule is CCCCCCCCCCCCCC[C@@H](O)[C@@H](O)[C@H](CO[C@H]1O[C@H](CO)[C@H](O)[C@H](O)[C@H]1O)NC(=O)CCCCCCCCCCCNC(=O)c1ccc(OC)cc1. The minimum absolute atomic E-state index is 0.0814. The van der Waals surface area contributed by atoms with E-state index in [4.69, 9.17) is 14.2 Å². The molecule has 1 heterocycles. The maximum absolute atomic E-state index is 13.0. The molecule has 57 heavy (non-hydrogen) atoms. The molecule has 13 nitrogen and oxygen atoms in total. The van der Waals surface area contributed by atoms with E-state index in [0.717, 1.165) is 82.8 Å². The molecule has 0 unspecified atom stereocenters. The molecule has 13 heteroatoms. The Hall–Kier alpha value is -2.36. The molecular weight excluding hydrogens is 732 g/mol. The van der Waals surface area contributed by atoms with Gasteiger partial charge in [0.05, 0.1) is 32.5 Å². The first kappa shape index (κ1) is 50.8. The van der Waals surface area contributed by atoms with Gasteiger partial charge in [-0.2, -0.15) is 0 Å². The van der Waals surface area contributed by atoms with Gasteiger partial charge in [-0.1, -0.05) is 129 Å². The number of nitrogens with one attached hydrogen (secondary N) is 2. The number of hydrogen-bond acceptors (Lipinski definition) is 11. The summed E-state index contributed by atoms with van der Waals surface area (Å²) in [5.74, 6) is 0.338. The van der Waals surface area contributed by atoms with E-state index >= 15 is 0 Å². The van der Waals surface area contributed by atoms with Crippen molar-refractivity contribution in [3.8, 4) is 5.75 Å². The second kappa shape index (κ2) is 31.5. The van der Waals surface area contributed by atoms with Gasteiger partial charge in [0.25, 0.3) is 5.91 Å². The molecule has 1 aliphatic rings. The van der Waals surface area contributed by atoms with Crippen LogP contribution in [0.4, 0.5) is 0 Å². The topological polar surface area (TPSA) is 207 Å². The number of ether oxygens (including phenoxy) is 3. The summed E-state index contributed by atoms with van der Waals surface area (Å²) in [4.78, 5) is 25.3. The van der Waals surface area contributed by atoms with Crippen LogP contribution < -0.4 is 15.4 Å². The van der Waals surface area contributed by atoms with Crippen molar-refractivity contribution in [1.29, 1.82) is 0 Å². The van der Waals surface area contributed by atoms with Crippen LogP contribution in [0.25, 0.3) is 0 Å². The Balaban J connectivity index is 1.67. The van der Waals surface area contributed by atoms with Crippen LogP contribution in [-0.4, -0.2) is 118 Å². The Morgan fingerprint density at radius 2 is 1.25 bits per heavy atom. The molecule has 0 spiro atoms. The zero-order valence-corrected chi connectivity index (χ0v) is 35.0. The van der Waals surface area contributed by atoms with Gasteiger partial charge in [-0.15, -0.1) is 0 Å². The maximum atomic E-state index is 13.0. The molecule has 330 valence electrons. The number of methoxy groups -OCH3 is 1. The molecule has 8 N–H and O–H groups in total. The summed E-state index contributed by atoms with van der Waals surface area (Å²) in [5.41, 5.74) is 0.616. The molecule has 0 bridgehead atoms. The fourth-order valence-corrected chi connectivity index (χ4v) is 7.24. The van der Waals surface area contributed by atoms with Gasteiger partial charge in [-0.25, -0.2) is 0 Å². The average molecular weight is 811 g/mol. The van der Waals surface area contributed by atoms with Gasteiger partial charge in [0.15, 0.2) is 6.29 Å². The van der Waals surface area contributed by atoms with Crippen molar-refractivity contribution in [2.45, 2.75) is 204 Å². The molecule has 1 saturated heterocycles. The highest BCUT2D eigenvalue weighted by Gasteiger charge is 2.44. The molecule has 1 aromatic rings. The van der Waals surface area contributed by atoms with Crippen molar-refractivity contribution in [3.05, 3.63) is 29.8 Å². The fraction of sp³-hybridized carbons (Fsp3) is 0.818. The van der Waals surface area contributed by atoms with Crippen LogP contribution in [0.1, 0.15) is 165 Å². The van der Waals surface area contributed by atoms with Crippen LogP contribution in [0.3, 0.4) is 0 Å². The van der Waals surface area contributed by atoms with Gasteiger partial charge < -0.3 is 55.5 Å². The lowest BCUT2D eigenvalue weighted by Crippen LogP contribution is -2.60. The van der Waals surface area contributed by atoms with E-state index in [1.54, 1.807) is 31.4 Å². The number of aliphatic hydroxyl groups excluding tert-OH is 6. The molecule has 0 saturated carbocycles. The first-order valence-electron chi connectivity index (χ1n) is 22.1. The van der Waals surface area contributed by atoms with Crippen molar-refractivity contribution in [1.82, 2.24) is 10.6 Å². The molecule has 8 atom stereocenters. The Labute approximate surface area is 342 Å². The van der Waals surface area contributed by atoms with Crippen molar-refractivity contribution in [3.63, 3.8) is 0 Å². The molecule has 1 aromatic carbocycles. The highest BCUT2D eigenvalue weighted by atomic mass is 16.7. The Kier molecular flexibility index (Phi) is 28.1. The molecule has 0 aromatic heterocycles. The zero-order chi connectivity index (χ0) is 41.7. The molecule has 2 amide bonds. The maximum Gasteiger partial charge on any atom is 0.251 e. The van der Waals surface area contributed by atoms with Gasteiger partial charge in [0.2, 0.25) is 5.91 Å². The van der Waals surface area contributed by atoms with Gasteiger partial charge in [0, 0.05) is 18.5 Å². The third-order valence-corrected chi connectivity index (χ3v) is 11.0.